The zero-order valence-electron chi connectivity index (χ0n) is 10.0. The molecule has 0 aromatic heterocycles. The summed E-state index contributed by atoms with van der Waals surface area (Å²) in [7, 11) is 0.768. The van der Waals surface area contributed by atoms with E-state index >= 15 is 0 Å². The lowest BCUT2D eigenvalue weighted by Gasteiger charge is -2.07. The van der Waals surface area contributed by atoms with Crippen LogP contribution in [-0.2, 0) is 0 Å². The van der Waals surface area contributed by atoms with Gasteiger partial charge in [0.1, 0.15) is 9.52 Å². The number of benzene rings is 2. The highest BCUT2D eigenvalue weighted by atomic mass is 28.2. The van der Waals surface area contributed by atoms with E-state index in [9.17, 15) is 0 Å². The van der Waals surface area contributed by atoms with E-state index in [4.69, 9.17) is 0 Å². The van der Waals surface area contributed by atoms with Crippen molar-refractivity contribution >= 4 is 19.9 Å². The SMILES string of the molecule is Cc1ccc([Si]c2cccc(C)c2C)cc1. The fourth-order valence-corrected chi connectivity index (χ4v) is 2.89. The second-order valence-corrected chi connectivity index (χ2v) is 5.60. The molecule has 0 saturated heterocycles. The number of aryl methyl sites for hydroxylation is 2. The van der Waals surface area contributed by atoms with Crippen LogP contribution in [0.5, 0.6) is 0 Å². The molecule has 80 valence electrons. The third-order valence-corrected chi connectivity index (χ3v) is 4.37. The van der Waals surface area contributed by atoms with E-state index in [2.05, 4.69) is 63.2 Å². The van der Waals surface area contributed by atoms with Crippen LogP contribution in [0.4, 0.5) is 0 Å². The van der Waals surface area contributed by atoms with Crippen LogP contribution in [0.15, 0.2) is 42.5 Å². The minimum atomic E-state index is 0.768. The Bertz CT molecular complexity index is 483. The molecule has 0 heterocycles. The molecule has 0 N–H and O–H groups in total. The summed E-state index contributed by atoms with van der Waals surface area (Å²) in [5, 5.41) is 2.88. The molecule has 0 amide bonds. The fourth-order valence-electron chi connectivity index (χ4n) is 1.68. The van der Waals surface area contributed by atoms with Gasteiger partial charge in [-0.2, -0.15) is 0 Å². The van der Waals surface area contributed by atoms with Crippen molar-refractivity contribution in [3.63, 3.8) is 0 Å². The molecule has 2 aromatic rings. The smallest absolute Gasteiger partial charge is 0.0628 e. The van der Waals surface area contributed by atoms with E-state index in [1.165, 1.54) is 27.1 Å². The zero-order chi connectivity index (χ0) is 11.5. The molecular weight excluding hydrogens is 208 g/mol. The van der Waals surface area contributed by atoms with E-state index in [0.717, 1.165) is 9.52 Å². The molecule has 0 spiro atoms. The van der Waals surface area contributed by atoms with E-state index in [0.29, 0.717) is 0 Å². The maximum atomic E-state index is 2.24. The first-order valence-corrected chi connectivity index (χ1v) is 6.57. The highest BCUT2D eigenvalue weighted by molar-refractivity contribution is 6.67. The van der Waals surface area contributed by atoms with Gasteiger partial charge in [-0.25, -0.2) is 0 Å². The van der Waals surface area contributed by atoms with E-state index in [1.807, 2.05) is 0 Å². The van der Waals surface area contributed by atoms with Gasteiger partial charge in [-0.15, -0.1) is 0 Å². The van der Waals surface area contributed by atoms with E-state index in [-0.39, 0.29) is 0 Å². The van der Waals surface area contributed by atoms with Crippen LogP contribution in [0.2, 0.25) is 0 Å². The van der Waals surface area contributed by atoms with Crippen molar-refractivity contribution in [2.24, 2.45) is 0 Å². The summed E-state index contributed by atoms with van der Waals surface area (Å²) in [6.45, 7) is 6.52. The molecule has 0 bridgehead atoms. The number of hydrogen-bond acceptors (Lipinski definition) is 0. The van der Waals surface area contributed by atoms with Crippen molar-refractivity contribution in [1.82, 2.24) is 0 Å². The zero-order valence-corrected chi connectivity index (χ0v) is 11.0. The topological polar surface area (TPSA) is 0 Å². The van der Waals surface area contributed by atoms with Gasteiger partial charge in [0.05, 0.1) is 0 Å². The molecule has 0 aliphatic carbocycles. The summed E-state index contributed by atoms with van der Waals surface area (Å²) in [6.07, 6.45) is 0. The maximum Gasteiger partial charge on any atom is 0.121 e. The van der Waals surface area contributed by atoms with E-state index in [1.54, 1.807) is 0 Å². The summed E-state index contributed by atoms with van der Waals surface area (Å²) in [5.74, 6) is 0. The second-order valence-electron chi connectivity index (χ2n) is 4.24. The van der Waals surface area contributed by atoms with Crippen molar-refractivity contribution < 1.29 is 0 Å². The first-order chi connectivity index (χ1) is 7.66. The predicted molar refractivity (Wildman–Crippen MR) is 72.1 cm³/mol. The van der Waals surface area contributed by atoms with Gasteiger partial charge in [-0.1, -0.05) is 58.4 Å². The Hall–Kier alpha value is -1.34. The Kier molecular flexibility index (Phi) is 3.25. The van der Waals surface area contributed by atoms with Crippen molar-refractivity contribution in [2.75, 3.05) is 0 Å². The maximum absolute atomic E-state index is 2.24. The van der Waals surface area contributed by atoms with Crippen molar-refractivity contribution in [2.45, 2.75) is 20.8 Å². The molecular formula is C15H16Si. The van der Waals surface area contributed by atoms with Gasteiger partial charge in [-0.3, -0.25) is 0 Å². The molecule has 16 heavy (non-hydrogen) atoms. The Labute approximate surface area is 100 Å². The highest BCUT2D eigenvalue weighted by Gasteiger charge is 2.03. The van der Waals surface area contributed by atoms with Crippen LogP contribution in [0.25, 0.3) is 0 Å². The lowest BCUT2D eigenvalue weighted by atomic mass is 10.1. The molecule has 0 atom stereocenters. The normalized spacial score (nSPS) is 10.4. The lowest BCUT2D eigenvalue weighted by molar-refractivity contribution is 1.37. The Balaban J connectivity index is 2.27. The van der Waals surface area contributed by atoms with Gasteiger partial charge in [-0.05, 0) is 31.9 Å². The number of hydrogen-bond donors (Lipinski definition) is 0. The number of rotatable bonds is 2. The minimum Gasteiger partial charge on any atom is -0.0628 e. The van der Waals surface area contributed by atoms with E-state index < -0.39 is 0 Å². The van der Waals surface area contributed by atoms with Gasteiger partial charge < -0.3 is 0 Å². The van der Waals surface area contributed by atoms with Crippen LogP contribution < -0.4 is 10.4 Å². The summed E-state index contributed by atoms with van der Waals surface area (Å²) < 4.78 is 0. The first-order valence-electron chi connectivity index (χ1n) is 5.57. The van der Waals surface area contributed by atoms with Crippen LogP contribution in [0.1, 0.15) is 16.7 Å². The van der Waals surface area contributed by atoms with Crippen molar-refractivity contribution in [3.8, 4) is 0 Å². The molecule has 1 heteroatoms. The molecule has 0 aliphatic heterocycles. The van der Waals surface area contributed by atoms with Crippen LogP contribution in [0, 0.1) is 20.8 Å². The average molecular weight is 224 g/mol. The average Bonchev–Trinajstić information content (AvgIpc) is 2.28. The lowest BCUT2D eigenvalue weighted by Crippen LogP contribution is -2.29. The first kappa shape index (κ1) is 11.2. The molecule has 0 fully saturated rings. The van der Waals surface area contributed by atoms with Gasteiger partial charge in [0.2, 0.25) is 0 Å². The molecule has 0 saturated carbocycles. The van der Waals surface area contributed by atoms with Gasteiger partial charge in [0, 0.05) is 0 Å². The van der Waals surface area contributed by atoms with Crippen molar-refractivity contribution in [3.05, 3.63) is 59.2 Å². The quantitative estimate of drug-likeness (QED) is 0.687. The van der Waals surface area contributed by atoms with Gasteiger partial charge in [0.15, 0.2) is 0 Å². The minimum absolute atomic E-state index is 0.768. The van der Waals surface area contributed by atoms with Crippen LogP contribution >= 0.6 is 0 Å². The largest absolute Gasteiger partial charge is 0.121 e. The summed E-state index contributed by atoms with van der Waals surface area (Å²) >= 11 is 0. The third kappa shape index (κ3) is 2.42. The van der Waals surface area contributed by atoms with Gasteiger partial charge in [0.25, 0.3) is 0 Å². The fraction of sp³-hybridized carbons (Fsp3) is 0.200. The molecule has 0 aliphatic rings. The third-order valence-electron chi connectivity index (χ3n) is 2.94. The molecule has 0 nitrogen and oxygen atoms in total. The Morgan fingerprint density at radius 3 is 2.19 bits per heavy atom. The monoisotopic (exact) mass is 224 g/mol. The Morgan fingerprint density at radius 2 is 1.50 bits per heavy atom. The van der Waals surface area contributed by atoms with Crippen LogP contribution in [0.3, 0.4) is 0 Å². The van der Waals surface area contributed by atoms with Crippen molar-refractivity contribution in [1.29, 1.82) is 0 Å². The standard InChI is InChI=1S/C15H16Si/c1-11-7-9-14(10-8-11)16-15-6-4-5-12(2)13(15)3/h4-10H,1-3H3. The molecule has 2 aromatic carbocycles. The Morgan fingerprint density at radius 1 is 0.812 bits per heavy atom. The summed E-state index contributed by atoms with van der Waals surface area (Å²) in [5.41, 5.74) is 4.15. The second kappa shape index (κ2) is 4.66. The summed E-state index contributed by atoms with van der Waals surface area (Å²) in [6, 6.07) is 15.4. The molecule has 2 rings (SSSR count). The molecule has 2 radical (unpaired) electrons. The molecule has 0 unspecified atom stereocenters. The van der Waals surface area contributed by atoms with Crippen LogP contribution in [-0.4, -0.2) is 9.52 Å². The highest BCUT2D eigenvalue weighted by Crippen LogP contribution is 2.02. The van der Waals surface area contributed by atoms with Gasteiger partial charge >= 0.3 is 0 Å². The predicted octanol–water partition coefficient (Wildman–Crippen LogP) is 2.27. The summed E-state index contributed by atoms with van der Waals surface area (Å²) in [4.78, 5) is 0.